The lowest BCUT2D eigenvalue weighted by molar-refractivity contribution is 0.0372. The number of ether oxygens (including phenoxy) is 1. The number of pyridine rings is 1. The number of aromatic nitrogens is 1. The zero-order chi connectivity index (χ0) is 11.4. The van der Waals surface area contributed by atoms with Crippen molar-refractivity contribution in [1.82, 2.24) is 10.3 Å². The molecule has 0 aromatic carbocycles. The Hall–Kier alpha value is -0.360. The molecule has 2 heterocycles. The molecule has 88 valence electrons. The van der Waals surface area contributed by atoms with Crippen LogP contribution in [-0.4, -0.2) is 37.3 Å². The molecule has 1 atom stereocenters. The van der Waals surface area contributed by atoms with Gasteiger partial charge in [-0.2, -0.15) is 0 Å². The van der Waals surface area contributed by atoms with Crippen LogP contribution < -0.4 is 10.6 Å². The van der Waals surface area contributed by atoms with Gasteiger partial charge in [0.2, 0.25) is 0 Å². The topological polar surface area (TPSA) is 46.2 Å². The first kappa shape index (κ1) is 12.1. The summed E-state index contributed by atoms with van der Waals surface area (Å²) in [5.74, 6) is 0.790. The van der Waals surface area contributed by atoms with Crippen molar-refractivity contribution in [3.05, 3.63) is 21.8 Å². The number of anilines is 1. The first-order valence-corrected chi connectivity index (χ1v) is 6.30. The number of hydrogen-bond acceptors (Lipinski definition) is 4. The molecular formula is C10H13BrClN3O. The van der Waals surface area contributed by atoms with E-state index in [1.807, 2.05) is 6.07 Å². The number of halogens is 2. The summed E-state index contributed by atoms with van der Waals surface area (Å²) >= 11 is 9.22. The fraction of sp³-hybridized carbons (Fsp3) is 0.500. The Kier molecular flexibility index (Phi) is 4.40. The second-order valence-corrected chi connectivity index (χ2v) is 4.85. The van der Waals surface area contributed by atoms with Crippen molar-refractivity contribution in [2.75, 3.05) is 31.6 Å². The molecule has 16 heavy (non-hydrogen) atoms. The van der Waals surface area contributed by atoms with E-state index in [1.165, 1.54) is 0 Å². The molecule has 1 saturated heterocycles. The second-order valence-electron chi connectivity index (χ2n) is 3.56. The molecule has 0 saturated carbocycles. The Morgan fingerprint density at radius 2 is 2.56 bits per heavy atom. The minimum Gasteiger partial charge on any atom is -0.374 e. The minimum atomic E-state index is 0.193. The van der Waals surface area contributed by atoms with Crippen LogP contribution in [-0.2, 0) is 4.74 Å². The molecule has 1 aliphatic heterocycles. The first-order chi connectivity index (χ1) is 7.75. The van der Waals surface area contributed by atoms with E-state index in [2.05, 4.69) is 31.5 Å². The third kappa shape index (κ3) is 3.31. The van der Waals surface area contributed by atoms with Crippen LogP contribution in [0.15, 0.2) is 16.7 Å². The van der Waals surface area contributed by atoms with Gasteiger partial charge in [-0.15, -0.1) is 0 Å². The monoisotopic (exact) mass is 305 g/mol. The van der Waals surface area contributed by atoms with Gasteiger partial charge in [0.1, 0.15) is 5.82 Å². The van der Waals surface area contributed by atoms with Gasteiger partial charge < -0.3 is 15.4 Å². The Labute approximate surface area is 108 Å². The maximum Gasteiger partial charge on any atom is 0.140 e. The van der Waals surface area contributed by atoms with E-state index in [4.69, 9.17) is 16.3 Å². The van der Waals surface area contributed by atoms with Crippen LogP contribution in [0.1, 0.15) is 0 Å². The minimum absolute atomic E-state index is 0.193. The molecule has 1 aromatic heterocycles. The standard InChI is InChI=1S/C10H13BrClN3O/c11-9-3-7(12)4-14-10(9)15-6-8-5-13-1-2-16-8/h3-4,8,13H,1-2,5-6H2,(H,14,15). The third-order valence-corrected chi connectivity index (χ3v) is 3.12. The van der Waals surface area contributed by atoms with Crippen LogP contribution in [0.5, 0.6) is 0 Å². The molecule has 0 radical (unpaired) electrons. The number of nitrogens with one attached hydrogen (secondary N) is 2. The van der Waals surface area contributed by atoms with E-state index in [9.17, 15) is 0 Å². The molecule has 1 unspecified atom stereocenters. The maximum absolute atomic E-state index is 5.81. The Morgan fingerprint density at radius 3 is 3.25 bits per heavy atom. The molecule has 6 heteroatoms. The second kappa shape index (κ2) is 5.82. The lowest BCUT2D eigenvalue weighted by atomic mass is 10.3. The van der Waals surface area contributed by atoms with Gasteiger partial charge in [0.25, 0.3) is 0 Å². The summed E-state index contributed by atoms with van der Waals surface area (Å²) in [4.78, 5) is 4.20. The van der Waals surface area contributed by atoms with Crippen LogP contribution in [0, 0.1) is 0 Å². The summed E-state index contributed by atoms with van der Waals surface area (Å²) in [5.41, 5.74) is 0. The summed E-state index contributed by atoms with van der Waals surface area (Å²) < 4.78 is 6.43. The quantitative estimate of drug-likeness (QED) is 0.895. The van der Waals surface area contributed by atoms with E-state index < -0.39 is 0 Å². The number of rotatable bonds is 3. The average molecular weight is 307 g/mol. The van der Waals surface area contributed by atoms with Gasteiger partial charge in [-0.3, -0.25) is 0 Å². The summed E-state index contributed by atoms with van der Waals surface area (Å²) in [6.07, 6.45) is 1.81. The Balaban J connectivity index is 1.88. The Morgan fingerprint density at radius 1 is 1.69 bits per heavy atom. The van der Waals surface area contributed by atoms with Crippen molar-refractivity contribution in [3.8, 4) is 0 Å². The van der Waals surface area contributed by atoms with Crippen molar-refractivity contribution in [2.24, 2.45) is 0 Å². The molecule has 1 aromatic rings. The highest BCUT2D eigenvalue weighted by Crippen LogP contribution is 2.23. The lowest BCUT2D eigenvalue weighted by Crippen LogP contribution is -2.42. The molecule has 0 spiro atoms. The zero-order valence-corrected chi connectivity index (χ0v) is 11.0. The molecule has 0 amide bonds. The molecule has 1 aliphatic rings. The average Bonchev–Trinajstić information content (AvgIpc) is 2.29. The molecule has 4 nitrogen and oxygen atoms in total. The molecule has 0 bridgehead atoms. The van der Waals surface area contributed by atoms with Crippen molar-refractivity contribution >= 4 is 33.3 Å². The van der Waals surface area contributed by atoms with Gasteiger partial charge in [0.05, 0.1) is 22.2 Å². The van der Waals surface area contributed by atoms with Gasteiger partial charge in [0, 0.05) is 25.8 Å². The fourth-order valence-electron chi connectivity index (χ4n) is 1.51. The van der Waals surface area contributed by atoms with Crippen LogP contribution in [0.3, 0.4) is 0 Å². The van der Waals surface area contributed by atoms with E-state index in [1.54, 1.807) is 6.20 Å². The number of nitrogens with zero attached hydrogens (tertiary/aromatic N) is 1. The van der Waals surface area contributed by atoms with Gasteiger partial charge in [-0.05, 0) is 22.0 Å². The number of morpholine rings is 1. The van der Waals surface area contributed by atoms with Crippen LogP contribution >= 0.6 is 27.5 Å². The summed E-state index contributed by atoms with van der Waals surface area (Å²) in [6.45, 7) is 3.30. The predicted molar refractivity (Wildman–Crippen MR) is 68.0 cm³/mol. The lowest BCUT2D eigenvalue weighted by Gasteiger charge is -2.24. The molecule has 2 N–H and O–H groups in total. The first-order valence-electron chi connectivity index (χ1n) is 5.13. The van der Waals surface area contributed by atoms with Crippen LogP contribution in [0.25, 0.3) is 0 Å². The predicted octanol–water partition coefficient (Wildman–Crippen LogP) is 1.90. The van der Waals surface area contributed by atoms with Gasteiger partial charge in [0.15, 0.2) is 0 Å². The van der Waals surface area contributed by atoms with E-state index in [0.29, 0.717) is 5.02 Å². The largest absolute Gasteiger partial charge is 0.374 e. The fourth-order valence-corrected chi connectivity index (χ4v) is 2.28. The third-order valence-electron chi connectivity index (χ3n) is 2.31. The van der Waals surface area contributed by atoms with E-state index in [-0.39, 0.29) is 6.10 Å². The van der Waals surface area contributed by atoms with Crippen molar-refractivity contribution < 1.29 is 4.74 Å². The number of hydrogen-bond donors (Lipinski definition) is 2. The normalized spacial score (nSPS) is 20.8. The molecule has 1 fully saturated rings. The smallest absolute Gasteiger partial charge is 0.140 e. The van der Waals surface area contributed by atoms with Crippen molar-refractivity contribution in [2.45, 2.75) is 6.10 Å². The maximum atomic E-state index is 5.81. The summed E-state index contributed by atoms with van der Waals surface area (Å²) in [7, 11) is 0. The highest BCUT2D eigenvalue weighted by Gasteiger charge is 2.13. The summed E-state index contributed by atoms with van der Waals surface area (Å²) in [6, 6.07) is 1.82. The van der Waals surface area contributed by atoms with Gasteiger partial charge >= 0.3 is 0 Å². The SMILES string of the molecule is Clc1cnc(NCC2CNCCO2)c(Br)c1. The van der Waals surface area contributed by atoms with Crippen LogP contribution in [0.4, 0.5) is 5.82 Å². The van der Waals surface area contributed by atoms with E-state index in [0.717, 1.165) is 36.5 Å². The van der Waals surface area contributed by atoms with Crippen LogP contribution in [0.2, 0.25) is 5.02 Å². The zero-order valence-electron chi connectivity index (χ0n) is 8.67. The van der Waals surface area contributed by atoms with Gasteiger partial charge in [-0.1, -0.05) is 11.6 Å². The Bertz CT molecular complexity index is 358. The molecular weight excluding hydrogens is 293 g/mol. The highest BCUT2D eigenvalue weighted by molar-refractivity contribution is 9.10. The van der Waals surface area contributed by atoms with Crippen molar-refractivity contribution in [3.63, 3.8) is 0 Å². The van der Waals surface area contributed by atoms with Gasteiger partial charge in [-0.25, -0.2) is 4.98 Å². The van der Waals surface area contributed by atoms with E-state index >= 15 is 0 Å². The molecule has 2 rings (SSSR count). The highest BCUT2D eigenvalue weighted by atomic mass is 79.9. The van der Waals surface area contributed by atoms with Crippen molar-refractivity contribution in [1.29, 1.82) is 0 Å². The summed E-state index contributed by atoms with van der Waals surface area (Å²) in [5, 5.41) is 7.12. The molecule has 0 aliphatic carbocycles.